The molecule has 0 saturated heterocycles. The molecule has 1 aromatic heterocycles. The first-order valence-corrected chi connectivity index (χ1v) is 9.98. The molecular formula is C21H23FN4OS. The molecule has 0 fully saturated rings. The maximum atomic E-state index is 12.9. The third kappa shape index (κ3) is 4.78. The molecule has 3 rings (SSSR count). The van der Waals surface area contributed by atoms with Crippen molar-refractivity contribution in [3.05, 3.63) is 65.5 Å². The Balaban J connectivity index is 1.57. The van der Waals surface area contributed by atoms with Gasteiger partial charge in [0.2, 0.25) is 5.91 Å². The summed E-state index contributed by atoms with van der Waals surface area (Å²) in [6, 6.07) is 14.3. The van der Waals surface area contributed by atoms with E-state index in [4.69, 9.17) is 0 Å². The summed E-state index contributed by atoms with van der Waals surface area (Å²) >= 11 is 1.38. The molecule has 0 unspecified atom stereocenters. The molecular weight excluding hydrogens is 375 g/mol. The fourth-order valence-corrected chi connectivity index (χ4v) is 3.65. The molecule has 0 saturated carbocycles. The molecule has 1 heterocycles. The van der Waals surface area contributed by atoms with Gasteiger partial charge in [-0.05, 0) is 43.5 Å². The molecule has 0 bridgehead atoms. The average Bonchev–Trinajstić information content (AvgIpc) is 3.04. The highest BCUT2D eigenvalue weighted by Crippen LogP contribution is 2.27. The van der Waals surface area contributed by atoms with Crippen LogP contribution in [-0.4, -0.2) is 32.5 Å². The van der Waals surface area contributed by atoms with Gasteiger partial charge < -0.3 is 9.88 Å². The summed E-state index contributed by atoms with van der Waals surface area (Å²) in [6.07, 6.45) is 0.658. The van der Waals surface area contributed by atoms with E-state index in [2.05, 4.69) is 15.5 Å². The third-order valence-corrected chi connectivity index (χ3v) is 5.63. The molecule has 1 N–H and O–H groups in total. The predicted molar refractivity (Wildman–Crippen MR) is 110 cm³/mol. The van der Waals surface area contributed by atoms with Crippen molar-refractivity contribution in [2.45, 2.75) is 30.7 Å². The van der Waals surface area contributed by atoms with Crippen molar-refractivity contribution < 1.29 is 9.18 Å². The number of hydrogen-bond acceptors (Lipinski definition) is 4. The normalized spacial score (nSPS) is 12.0. The molecule has 0 aliphatic rings. The van der Waals surface area contributed by atoms with Crippen LogP contribution in [0.3, 0.4) is 0 Å². The van der Waals surface area contributed by atoms with Gasteiger partial charge in [-0.3, -0.25) is 4.79 Å². The van der Waals surface area contributed by atoms with Crippen molar-refractivity contribution in [3.8, 4) is 11.4 Å². The predicted octanol–water partition coefficient (Wildman–Crippen LogP) is 3.77. The van der Waals surface area contributed by atoms with Crippen molar-refractivity contribution in [2.75, 3.05) is 6.54 Å². The van der Waals surface area contributed by atoms with Crippen molar-refractivity contribution >= 4 is 17.7 Å². The van der Waals surface area contributed by atoms with E-state index < -0.39 is 0 Å². The molecule has 146 valence electrons. The lowest BCUT2D eigenvalue weighted by molar-refractivity contribution is -0.120. The van der Waals surface area contributed by atoms with Gasteiger partial charge >= 0.3 is 0 Å². The lowest BCUT2D eigenvalue weighted by atomic mass is 10.1. The van der Waals surface area contributed by atoms with Gasteiger partial charge in [-0.15, -0.1) is 10.2 Å². The number of amides is 1. The van der Waals surface area contributed by atoms with Crippen molar-refractivity contribution in [2.24, 2.45) is 7.05 Å². The van der Waals surface area contributed by atoms with Crippen LogP contribution < -0.4 is 5.32 Å². The maximum Gasteiger partial charge on any atom is 0.233 e. The zero-order chi connectivity index (χ0) is 20.1. The summed E-state index contributed by atoms with van der Waals surface area (Å²) in [5, 5.41) is 11.9. The molecule has 2 aromatic carbocycles. The smallest absolute Gasteiger partial charge is 0.233 e. The topological polar surface area (TPSA) is 59.8 Å². The van der Waals surface area contributed by atoms with Crippen molar-refractivity contribution in [1.29, 1.82) is 0 Å². The molecule has 3 aromatic rings. The van der Waals surface area contributed by atoms with Crippen LogP contribution in [0.2, 0.25) is 0 Å². The largest absolute Gasteiger partial charge is 0.355 e. The Morgan fingerprint density at radius 3 is 2.61 bits per heavy atom. The minimum absolute atomic E-state index is 0.0625. The highest BCUT2D eigenvalue weighted by Gasteiger charge is 2.19. The zero-order valence-electron chi connectivity index (χ0n) is 16.1. The Kier molecular flexibility index (Phi) is 6.46. The van der Waals surface area contributed by atoms with E-state index in [1.165, 1.54) is 23.9 Å². The molecule has 0 radical (unpaired) electrons. The summed E-state index contributed by atoms with van der Waals surface area (Å²) < 4.78 is 14.8. The maximum absolute atomic E-state index is 12.9. The van der Waals surface area contributed by atoms with E-state index in [9.17, 15) is 9.18 Å². The van der Waals surface area contributed by atoms with Crippen molar-refractivity contribution in [1.82, 2.24) is 20.1 Å². The molecule has 7 heteroatoms. The fraction of sp³-hybridized carbons (Fsp3) is 0.286. The second kappa shape index (κ2) is 9.01. The standard InChI is InChI=1S/C21H23FN4OS/c1-14-6-4-5-7-18(14)19-24-25-21(26(19)3)28-15(2)20(27)23-13-12-16-8-10-17(22)11-9-16/h4-11,15H,12-13H2,1-3H3,(H,23,27)/t15-/m1/s1. The second-order valence-electron chi connectivity index (χ2n) is 6.61. The minimum atomic E-state index is -0.305. The first-order chi connectivity index (χ1) is 13.5. The van der Waals surface area contributed by atoms with Crippen LogP contribution in [0, 0.1) is 12.7 Å². The van der Waals surface area contributed by atoms with Gasteiger partial charge in [-0.25, -0.2) is 4.39 Å². The molecule has 0 aliphatic heterocycles. The highest BCUT2D eigenvalue weighted by molar-refractivity contribution is 8.00. The fourth-order valence-electron chi connectivity index (χ4n) is 2.81. The Labute approximate surface area is 168 Å². The SMILES string of the molecule is Cc1ccccc1-c1nnc(S[C@H](C)C(=O)NCCc2ccc(F)cc2)n1C. The third-order valence-electron chi connectivity index (χ3n) is 4.50. The Bertz CT molecular complexity index is 955. The summed E-state index contributed by atoms with van der Waals surface area (Å²) in [5.74, 6) is 0.462. The van der Waals surface area contributed by atoms with Crippen LogP contribution in [-0.2, 0) is 18.3 Å². The number of halogens is 1. The summed E-state index contributed by atoms with van der Waals surface area (Å²) in [6.45, 7) is 4.39. The van der Waals surface area contributed by atoms with E-state index >= 15 is 0 Å². The van der Waals surface area contributed by atoms with Gasteiger partial charge in [-0.2, -0.15) is 0 Å². The number of benzene rings is 2. The van der Waals surface area contributed by atoms with Crippen LogP contribution in [0.4, 0.5) is 4.39 Å². The van der Waals surface area contributed by atoms with E-state index in [1.54, 1.807) is 12.1 Å². The lowest BCUT2D eigenvalue weighted by Crippen LogP contribution is -2.32. The van der Waals surface area contributed by atoms with Crippen LogP contribution in [0.5, 0.6) is 0 Å². The molecule has 5 nitrogen and oxygen atoms in total. The van der Waals surface area contributed by atoms with Gasteiger partial charge in [0.25, 0.3) is 0 Å². The van der Waals surface area contributed by atoms with Gasteiger partial charge in [0, 0.05) is 19.2 Å². The average molecular weight is 399 g/mol. The number of carbonyl (C=O) groups excluding carboxylic acids is 1. The highest BCUT2D eigenvalue weighted by atomic mass is 32.2. The van der Waals surface area contributed by atoms with Gasteiger partial charge in [-0.1, -0.05) is 48.2 Å². The molecule has 1 amide bonds. The molecule has 0 spiro atoms. The number of thioether (sulfide) groups is 1. The number of nitrogens with zero attached hydrogens (tertiary/aromatic N) is 3. The number of nitrogens with one attached hydrogen (secondary N) is 1. The Morgan fingerprint density at radius 2 is 1.89 bits per heavy atom. The number of hydrogen-bond donors (Lipinski definition) is 1. The number of aryl methyl sites for hydroxylation is 1. The van der Waals surface area contributed by atoms with E-state index in [0.29, 0.717) is 18.1 Å². The van der Waals surface area contributed by atoms with Crippen LogP contribution in [0.1, 0.15) is 18.1 Å². The van der Waals surface area contributed by atoms with Crippen molar-refractivity contribution in [3.63, 3.8) is 0 Å². The van der Waals surface area contributed by atoms with E-state index in [0.717, 1.165) is 22.5 Å². The Hall–Kier alpha value is -2.67. The monoisotopic (exact) mass is 398 g/mol. The van der Waals surface area contributed by atoms with E-state index in [1.807, 2.05) is 49.7 Å². The zero-order valence-corrected chi connectivity index (χ0v) is 17.0. The Morgan fingerprint density at radius 1 is 1.18 bits per heavy atom. The lowest BCUT2D eigenvalue weighted by Gasteiger charge is -2.12. The molecule has 1 atom stereocenters. The van der Waals surface area contributed by atoms with Gasteiger partial charge in [0.1, 0.15) is 5.82 Å². The minimum Gasteiger partial charge on any atom is -0.355 e. The summed E-state index contributed by atoms with van der Waals surface area (Å²) in [4.78, 5) is 12.4. The number of aromatic nitrogens is 3. The van der Waals surface area contributed by atoms with Crippen LogP contribution in [0.25, 0.3) is 11.4 Å². The first-order valence-electron chi connectivity index (χ1n) is 9.10. The van der Waals surface area contributed by atoms with Crippen LogP contribution >= 0.6 is 11.8 Å². The summed E-state index contributed by atoms with van der Waals surface area (Å²) in [5.41, 5.74) is 3.14. The second-order valence-corrected chi connectivity index (χ2v) is 7.92. The first kappa shape index (κ1) is 20.1. The molecule has 0 aliphatic carbocycles. The number of carbonyl (C=O) groups is 1. The quantitative estimate of drug-likeness (QED) is 0.616. The molecule has 28 heavy (non-hydrogen) atoms. The van der Waals surface area contributed by atoms with Crippen LogP contribution in [0.15, 0.2) is 53.7 Å². The number of rotatable bonds is 7. The van der Waals surface area contributed by atoms with Gasteiger partial charge in [0.15, 0.2) is 11.0 Å². The van der Waals surface area contributed by atoms with Gasteiger partial charge in [0.05, 0.1) is 5.25 Å². The van der Waals surface area contributed by atoms with E-state index in [-0.39, 0.29) is 17.0 Å². The summed E-state index contributed by atoms with van der Waals surface area (Å²) in [7, 11) is 1.91.